The molecule has 0 aliphatic rings. The number of aryl methyl sites for hydroxylation is 1. The van der Waals surface area contributed by atoms with Crippen LogP contribution in [0.15, 0.2) is 35.7 Å². The van der Waals surface area contributed by atoms with Crippen LogP contribution in [0, 0.1) is 6.92 Å². The summed E-state index contributed by atoms with van der Waals surface area (Å²) in [6.07, 6.45) is 1.04. The first kappa shape index (κ1) is 10.2. The van der Waals surface area contributed by atoms with Crippen LogP contribution in [0.25, 0.3) is 0 Å². The van der Waals surface area contributed by atoms with Gasteiger partial charge in [0, 0.05) is 24.0 Å². The standard InChI is InChI=1S/C13H15NS/c1-10-6-7-15-13(10)9-11-4-3-5-12(8-11)14-2/h3-8,14H,9H2,1-2H3. The molecule has 0 amide bonds. The Bertz CT molecular complexity index is 445. The van der Waals surface area contributed by atoms with Crippen molar-refractivity contribution in [1.82, 2.24) is 0 Å². The van der Waals surface area contributed by atoms with Crippen molar-refractivity contribution in [3.8, 4) is 0 Å². The molecule has 1 heterocycles. The fourth-order valence-corrected chi connectivity index (χ4v) is 2.55. The Morgan fingerprint density at radius 1 is 1.27 bits per heavy atom. The Hall–Kier alpha value is -1.28. The molecule has 15 heavy (non-hydrogen) atoms. The number of nitrogens with one attached hydrogen (secondary N) is 1. The molecular formula is C13H15NS. The van der Waals surface area contributed by atoms with Gasteiger partial charge in [0.2, 0.25) is 0 Å². The van der Waals surface area contributed by atoms with Crippen LogP contribution in [0.2, 0.25) is 0 Å². The van der Waals surface area contributed by atoms with Gasteiger partial charge in [-0.05, 0) is 41.6 Å². The van der Waals surface area contributed by atoms with Gasteiger partial charge in [-0.3, -0.25) is 0 Å². The molecule has 1 aromatic heterocycles. The van der Waals surface area contributed by atoms with Crippen LogP contribution in [-0.2, 0) is 6.42 Å². The first-order chi connectivity index (χ1) is 7.29. The van der Waals surface area contributed by atoms with Gasteiger partial charge in [-0.15, -0.1) is 11.3 Å². The molecule has 0 spiro atoms. The Balaban J connectivity index is 2.21. The highest BCUT2D eigenvalue weighted by molar-refractivity contribution is 7.10. The summed E-state index contributed by atoms with van der Waals surface area (Å²) in [4.78, 5) is 1.46. The Morgan fingerprint density at radius 2 is 2.13 bits per heavy atom. The van der Waals surface area contributed by atoms with Gasteiger partial charge in [0.05, 0.1) is 0 Å². The average molecular weight is 217 g/mol. The van der Waals surface area contributed by atoms with Crippen LogP contribution in [0.1, 0.15) is 16.0 Å². The normalized spacial score (nSPS) is 10.3. The minimum atomic E-state index is 1.04. The van der Waals surface area contributed by atoms with E-state index in [2.05, 4.69) is 48.0 Å². The van der Waals surface area contributed by atoms with Gasteiger partial charge in [-0.25, -0.2) is 0 Å². The first-order valence-electron chi connectivity index (χ1n) is 5.09. The van der Waals surface area contributed by atoms with E-state index in [1.54, 1.807) is 0 Å². The maximum absolute atomic E-state index is 3.16. The highest BCUT2D eigenvalue weighted by Gasteiger charge is 2.01. The van der Waals surface area contributed by atoms with Crippen LogP contribution >= 0.6 is 11.3 Å². The number of hydrogen-bond acceptors (Lipinski definition) is 2. The van der Waals surface area contributed by atoms with E-state index in [1.807, 2.05) is 18.4 Å². The highest BCUT2D eigenvalue weighted by atomic mass is 32.1. The van der Waals surface area contributed by atoms with Gasteiger partial charge in [0.25, 0.3) is 0 Å². The molecule has 0 fully saturated rings. The zero-order valence-corrected chi connectivity index (χ0v) is 9.90. The third kappa shape index (κ3) is 2.39. The largest absolute Gasteiger partial charge is 0.388 e. The van der Waals surface area contributed by atoms with Crippen LogP contribution in [0.3, 0.4) is 0 Å². The number of hydrogen-bond donors (Lipinski definition) is 1. The van der Waals surface area contributed by atoms with Crippen molar-refractivity contribution in [1.29, 1.82) is 0 Å². The van der Waals surface area contributed by atoms with Gasteiger partial charge in [0.1, 0.15) is 0 Å². The van der Waals surface area contributed by atoms with E-state index in [0.29, 0.717) is 0 Å². The number of thiophene rings is 1. The van der Waals surface area contributed by atoms with Crippen molar-refractivity contribution in [3.63, 3.8) is 0 Å². The quantitative estimate of drug-likeness (QED) is 0.826. The molecule has 2 rings (SSSR count). The maximum atomic E-state index is 3.16. The molecule has 0 bridgehead atoms. The number of rotatable bonds is 3. The van der Waals surface area contributed by atoms with Crippen LogP contribution in [0.4, 0.5) is 5.69 Å². The van der Waals surface area contributed by atoms with E-state index < -0.39 is 0 Å². The Labute approximate surface area is 94.8 Å². The van der Waals surface area contributed by atoms with Crippen molar-refractivity contribution in [2.24, 2.45) is 0 Å². The summed E-state index contributed by atoms with van der Waals surface area (Å²) < 4.78 is 0. The Morgan fingerprint density at radius 3 is 2.80 bits per heavy atom. The third-order valence-electron chi connectivity index (χ3n) is 2.55. The van der Waals surface area contributed by atoms with Gasteiger partial charge in [-0.1, -0.05) is 12.1 Å². The lowest BCUT2D eigenvalue weighted by atomic mass is 10.1. The van der Waals surface area contributed by atoms with Gasteiger partial charge >= 0.3 is 0 Å². The van der Waals surface area contributed by atoms with Crippen LogP contribution in [0.5, 0.6) is 0 Å². The minimum absolute atomic E-state index is 1.04. The van der Waals surface area contributed by atoms with Crippen molar-refractivity contribution >= 4 is 17.0 Å². The summed E-state index contributed by atoms with van der Waals surface area (Å²) in [5.41, 5.74) is 3.95. The molecule has 78 valence electrons. The molecule has 0 aliphatic heterocycles. The number of benzene rings is 1. The molecule has 2 heteroatoms. The van der Waals surface area contributed by atoms with Crippen molar-refractivity contribution < 1.29 is 0 Å². The molecule has 0 radical (unpaired) electrons. The zero-order valence-electron chi connectivity index (χ0n) is 9.08. The summed E-state index contributed by atoms with van der Waals surface area (Å²) in [6.45, 7) is 2.17. The SMILES string of the molecule is CNc1cccc(Cc2sccc2C)c1. The summed E-state index contributed by atoms with van der Waals surface area (Å²) in [5.74, 6) is 0. The highest BCUT2D eigenvalue weighted by Crippen LogP contribution is 2.21. The van der Waals surface area contributed by atoms with Crippen LogP contribution in [-0.4, -0.2) is 7.05 Å². The lowest BCUT2D eigenvalue weighted by Gasteiger charge is -2.04. The first-order valence-corrected chi connectivity index (χ1v) is 5.97. The van der Waals surface area contributed by atoms with E-state index in [-0.39, 0.29) is 0 Å². The molecular weight excluding hydrogens is 202 g/mol. The second-order valence-corrected chi connectivity index (χ2v) is 4.65. The molecule has 1 nitrogen and oxygen atoms in total. The van der Waals surface area contributed by atoms with Crippen LogP contribution < -0.4 is 5.32 Å². The van der Waals surface area contributed by atoms with E-state index in [0.717, 1.165) is 6.42 Å². The summed E-state index contributed by atoms with van der Waals surface area (Å²) in [5, 5.41) is 5.32. The zero-order chi connectivity index (χ0) is 10.7. The molecule has 1 N–H and O–H groups in total. The minimum Gasteiger partial charge on any atom is -0.388 e. The topological polar surface area (TPSA) is 12.0 Å². The molecule has 0 saturated heterocycles. The van der Waals surface area contributed by atoms with E-state index in [4.69, 9.17) is 0 Å². The van der Waals surface area contributed by atoms with Gasteiger partial charge in [0.15, 0.2) is 0 Å². The maximum Gasteiger partial charge on any atom is 0.0340 e. The molecule has 1 aromatic carbocycles. The predicted octanol–water partition coefficient (Wildman–Crippen LogP) is 3.69. The second kappa shape index (κ2) is 4.49. The summed E-state index contributed by atoms with van der Waals surface area (Å²) in [7, 11) is 1.95. The third-order valence-corrected chi connectivity index (χ3v) is 3.57. The van der Waals surface area contributed by atoms with Crippen molar-refractivity contribution in [2.75, 3.05) is 12.4 Å². The fraction of sp³-hybridized carbons (Fsp3) is 0.231. The predicted molar refractivity (Wildman–Crippen MR) is 67.9 cm³/mol. The molecule has 0 saturated carbocycles. The van der Waals surface area contributed by atoms with Gasteiger partial charge in [-0.2, -0.15) is 0 Å². The fourth-order valence-electron chi connectivity index (χ4n) is 1.61. The Kier molecular flexibility index (Phi) is 3.07. The van der Waals surface area contributed by atoms with E-state index in [1.165, 1.54) is 21.7 Å². The monoisotopic (exact) mass is 217 g/mol. The summed E-state index contributed by atoms with van der Waals surface area (Å²) >= 11 is 1.84. The van der Waals surface area contributed by atoms with E-state index in [9.17, 15) is 0 Å². The molecule has 0 atom stereocenters. The molecule has 0 aliphatic carbocycles. The summed E-state index contributed by atoms with van der Waals surface area (Å²) in [6, 6.07) is 10.8. The van der Waals surface area contributed by atoms with Crippen molar-refractivity contribution in [2.45, 2.75) is 13.3 Å². The number of anilines is 1. The smallest absolute Gasteiger partial charge is 0.0340 e. The average Bonchev–Trinajstić information content (AvgIpc) is 2.65. The van der Waals surface area contributed by atoms with Gasteiger partial charge < -0.3 is 5.32 Å². The van der Waals surface area contributed by atoms with E-state index >= 15 is 0 Å². The molecule has 2 aromatic rings. The molecule has 0 unspecified atom stereocenters. The lowest BCUT2D eigenvalue weighted by molar-refractivity contribution is 1.21. The van der Waals surface area contributed by atoms with Crippen molar-refractivity contribution in [3.05, 3.63) is 51.7 Å². The lowest BCUT2D eigenvalue weighted by Crippen LogP contribution is -1.91. The second-order valence-electron chi connectivity index (χ2n) is 3.65.